The van der Waals surface area contributed by atoms with Gasteiger partial charge in [-0.2, -0.15) is 0 Å². The molecule has 0 amide bonds. The first kappa shape index (κ1) is 18.7. The van der Waals surface area contributed by atoms with Crippen LogP contribution >= 0.6 is 23.2 Å². The van der Waals surface area contributed by atoms with Crippen LogP contribution in [0, 0.1) is 5.41 Å². The molecule has 0 radical (unpaired) electrons. The van der Waals surface area contributed by atoms with E-state index in [9.17, 15) is 0 Å². The zero-order chi connectivity index (χ0) is 18.4. The maximum Gasteiger partial charge on any atom is 0.127 e. The predicted octanol–water partition coefficient (Wildman–Crippen LogP) is 5.36. The summed E-state index contributed by atoms with van der Waals surface area (Å²) in [6.07, 6.45) is 2.25. The van der Waals surface area contributed by atoms with Crippen molar-refractivity contribution in [3.8, 4) is 5.75 Å². The molecular formula is C21H20Cl2N2O. The molecule has 0 aliphatic carbocycles. The van der Waals surface area contributed by atoms with Crippen molar-refractivity contribution in [3.63, 3.8) is 0 Å². The van der Waals surface area contributed by atoms with Crippen molar-refractivity contribution in [1.82, 2.24) is 5.32 Å². The number of rotatable bonds is 8. The van der Waals surface area contributed by atoms with Gasteiger partial charge in [0.15, 0.2) is 0 Å². The first-order valence-electron chi connectivity index (χ1n) is 8.48. The zero-order valence-electron chi connectivity index (χ0n) is 14.3. The third kappa shape index (κ3) is 4.55. The Balaban J connectivity index is 1.49. The van der Waals surface area contributed by atoms with Crippen molar-refractivity contribution in [2.75, 3.05) is 19.7 Å². The maximum atomic E-state index is 7.51. The zero-order valence-corrected chi connectivity index (χ0v) is 15.8. The topological polar surface area (TPSA) is 45.1 Å². The van der Waals surface area contributed by atoms with Gasteiger partial charge in [0.25, 0.3) is 0 Å². The molecule has 0 aliphatic heterocycles. The van der Waals surface area contributed by atoms with Gasteiger partial charge < -0.3 is 15.5 Å². The summed E-state index contributed by atoms with van der Waals surface area (Å²) >= 11 is 12.0. The first-order chi connectivity index (χ1) is 12.7. The lowest BCUT2D eigenvalue weighted by Crippen LogP contribution is -2.23. The summed E-state index contributed by atoms with van der Waals surface area (Å²) < 4.78 is 5.93. The van der Waals surface area contributed by atoms with Gasteiger partial charge in [-0.1, -0.05) is 53.5 Å². The Labute approximate surface area is 163 Å². The molecule has 0 bridgehead atoms. The molecule has 26 heavy (non-hydrogen) atoms. The second kappa shape index (κ2) is 9.04. The van der Waals surface area contributed by atoms with Gasteiger partial charge in [0.05, 0.1) is 10.0 Å². The Morgan fingerprint density at radius 3 is 2.50 bits per heavy atom. The molecular weight excluding hydrogens is 367 g/mol. The van der Waals surface area contributed by atoms with Crippen LogP contribution in [0.25, 0.3) is 10.8 Å². The molecule has 134 valence electrons. The largest absolute Gasteiger partial charge is 0.492 e. The Bertz CT molecular complexity index is 912. The third-order valence-electron chi connectivity index (χ3n) is 4.18. The average Bonchev–Trinajstić information content (AvgIpc) is 2.67. The van der Waals surface area contributed by atoms with Crippen molar-refractivity contribution >= 4 is 40.2 Å². The highest BCUT2D eigenvalue weighted by Gasteiger charge is 2.05. The number of hydrogen-bond acceptors (Lipinski definition) is 3. The summed E-state index contributed by atoms with van der Waals surface area (Å²) in [6.45, 7) is 2.17. The van der Waals surface area contributed by atoms with E-state index in [4.69, 9.17) is 33.3 Å². The van der Waals surface area contributed by atoms with Gasteiger partial charge in [-0.25, -0.2) is 0 Å². The Morgan fingerprint density at radius 2 is 1.73 bits per heavy atom. The van der Waals surface area contributed by atoms with Gasteiger partial charge in [-0.3, -0.25) is 0 Å². The molecule has 3 aromatic carbocycles. The third-order valence-corrected chi connectivity index (χ3v) is 4.92. The number of halogens is 2. The molecule has 0 atom stereocenters. The lowest BCUT2D eigenvalue weighted by Gasteiger charge is -2.11. The Morgan fingerprint density at radius 1 is 0.923 bits per heavy atom. The minimum Gasteiger partial charge on any atom is -0.492 e. The minimum absolute atomic E-state index is 0.579. The van der Waals surface area contributed by atoms with E-state index in [2.05, 4.69) is 5.32 Å². The number of fused-ring (bicyclic) bond motifs is 1. The van der Waals surface area contributed by atoms with Gasteiger partial charge in [-0.15, -0.1) is 0 Å². The molecule has 0 spiro atoms. The van der Waals surface area contributed by atoms with Gasteiger partial charge in [0.2, 0.25) is 0 Å². The summed E-state index contributed by atoms with van der Waals surface area (Å²) in [5.74, 6) is 0.845. The average molecular weight is 387 g/mol. The number of nitrogens with one attached hydrogen (secondary N) is 2. The predicted molar refractivity (Wildman–Crippen MR) is 110 cm³/mol. The van der Waals surface area contributed by atoms with Crippen LogP contribution in [0.2, 0.25) is 10.0 Å². The van der Waals surface area contributed by atoms with Crippen molar-refractivity contribution < 1.29 is 4.74 Å². The second-order valence-corrected chi connectivity index (χ2v) is 6.75. The van der Waals surface area contributed by atoms with Gasteiger partial charge in [0, 0.05) is 23.7 Å². The molecule has 3 nitrogen and oxygen atoms in total. The summed E-state index contributed by atoms with van der Waals surface area (Å²) in [5.41, 5.74) is 2.05. The van der Waals surface area contributed by atoms with E-state index in [0.717, 1.165) is 47.2 Å². The molecule has 0 heterocycles. The first-order valence-corrected chi connectivity index (χ1v) is 9.24. The van der Waals surface area contributed by atoms with Crippen LogP contribution in [-0.2, 0) is 6.42 Å². The van der Waals surface area contributed by atoms with E-state index in [-0.39, 0.29) is 0 Å². The molecule has 3 aromatic rings. The van der Waals surface area contributed by atoms with Crippen LogP contribution in [-0.4, -0.2) is 25.9 Å². The van der Waals surface area contributed by atoms with Gasteiger partial charge in [0.1, 0.15) is 12.4 Å². The van der Waals surface area contributed by atoms with E-state index in [0.29, 0.717) is 16.7 Å². The molecule has 0 aromatic heterocycles. The number of hydrogen-bond donors (Lipinski definition) is 2. The van der Waals surface area contributed by atoms with Crippen LogP contribution < -0.4 is 10.1 Å². The Kier molecular flexibility index (Phi) is 6.51. The standard InChI is InChI=1S/C21H20Cl2N2O/c22-19-7-5-15(13-20(19)23)9-10-25-11-12-26-21-8-6-16(14-24)17-3-1-2-4-18(17)21/h1-8,13-14,24-25H,9-12H2. The molecule has 5 heteroatoms. The molecule has 0 unspecified atom stereocenters. The molecule has 0 saturated carbocycles. The van der Waals surface area contributed by atoms with Crippen molar-refractivity contribution in [3.05, 3.63) is 75.8 Å². The molecule has 0 fully saturated rings. The quantitative estimate of drug-likeness (QED) is 0.404. The molecule has 0 aliphatic rings. The van der Waals surface area contributed by atoms with E-state index in [1.807, 2.05) is 54.6 Å². The van der Waals surface area contributed by atoms with Crippen molar-refractivity contribution in [1.29, 1.82) is 5.41 Å². The fraction of sp³-hybridized carbons (Fsp3) is 0.190. The highest BCUT2D eigenvalue weighted by atomic mass is 35.5. The normalized spacial score (nSPS) is 10.8. The van der Waals surface area contributed by atoms with Crippen LogP contribution in [0.15, 0.2) is 54.6 Å². The van der Waals surface area contributed by atoms with E-state index in [1.54, 1.807) is 0 Å². The molecule has 0 saturated heterocycles. The maximum absolute atomic E-state index is 7.51. The van der Waals surface area contributed by atoms with Gasteiger partial charge in [-0.05, 0) is 48.2 Å². The highest BCUT2D eigenvalue weighted by Crippen LogP contribution is 2.27. The van der Waals surface area contributed by atoms with Crippen molar-refractivity contribution in [2.45, 2.75) is 6.42 Å². The van der Waals surface area contributed by atoms with Gasteiger partial charge >= 0.3 is 0 Å². The van der Waals surface area contributed by atoms with Crippen molar-refractivity contribution in [2.24, 2.45) is 0 Å². The summed E-state index contributed by atoms with van der Waals surface area (Å²) in [7, 11) is 0. The fourth-order valence-corrected chi connectivity index (χ4v) is 3.15. The van der Waals surface area contributed by atoms with Crippen LogP contribution in [0.3, 0.4) is 0 Å². The summed E-state index contributed by atoms with van der Waals surface area (Å²) in [6, 6.07) is 17.6. The number of ether oxygens (including phenoxy) is 1. The monoisotopic (exact) mass is 386 g/mol. The smallest absolute Gasteiger partial charge is 0.127 e. The molecule has 3 rings (SSSR count). The van der Waals surface area contributed by atoms with Crippen LogP contribution in [0.1, 0.15) is 11.1 Å². The summed E-state index contributed by atoms with van der Waals surface area (Å²) in [5, 5.41) is 14.1. The Hall–Kier alpha value is -2.07. The number of benzene rings is 3. The molecule has 2 N–H and O–H groups in total. The fourth-order valence-electron chi connectivity index (χ4n) is 2.83. The van der Waals surface area contributed by atoms with E-state index >= 15 is 0 Å². The minimum atomic E-state index is 0.579. The summed E-state index contributed by atoms with van der Waals surface area (Å²) in [4.78, 5) is 0. The highest BCUT2D eigenvalue weighted by molar-refractivity contribution is 6.42. The van der Waals surface area contributed by atoms with Crippen LogP contribution in [0.4, 0.5) is 0 Å². The SMILES string of the molecule is N=Cc1ccc(OCCNCCc2ccc(Cl)c(Cl)c2)c2ccccc12. The second-order valence-electron chi connectivity index (χ2n) is 5.94. The van der Waals surface area contributed by atoms with E-state index < -0.39 is 0 Å². The van der Waals surface area contributed by atoms with E-state index in [1.165, 1.54) is 6.21 Å². The lowest BCUT2D eigenvalue weighted by molar-refractivity contribution is 0.318. The van der Waals surface area contributed by atoms with Crippen LogP contribution in [0.5, 0.6) is 5.75 Å². The lowest BCUT2D eigenvalue weighted by atomic mass is 10.0.